The molecule has 0 heterocycles. The molecule has 108 valence electrons. The molecule has 2 N–H and O–H groups in total. The van der Waals surface area contributed by atoms with Crippen LogP contribution in [0.5, 0.6) is 0 Å². The molecule has 1 rings (SSSR count). The van der Waals surface area contributed by atoms with Gasteiger partial charge in [0, 0.05) is 17.6 Å². The summed E-state index contributed by atoms with van der Waals surface area (Å²) >= 11 is 6.03. The van der Waals surface area contributed by atoms with Gasteiger partial charge in [0.25, 0.3) is 0 Å². The lowest BCUT2D eigenvalue weighted by molar-refractivity contribution is 0.544. The number of benzene rings is 1. The molecule has 0 aliphatic carbocycles. The third-order valence-corrected chi connectivity index (χ3v) is 4.73. The molecule has 0 aromatic heterocycles. The first kappa shape index (κ1) is 16.4. The fourth-order valence-electron chi connectivity index (χ4n) is 1.87. The van der Waals surface area contributed by atoms with E-state index in [1.807, 2.05) is 13.8 Å². The largest absolute Gasteiger partial charge is 0.316 e. The zero-order chi connectivity index (χ0) is 14.5. The van der Waals surface area contributed by atoms with E-state index in [-0.39, 0.29) is 10.9 Å². The van der Waals surface area contributed by atoms with E-state index in [1.54, 1.807) is 19.2 Å². The van der Waals surface area contributed by atoms with Gasteiger partial charge in [-0.15, -0.1) is 0 Å². The number of hydrogen-bond acceptors (Lipinski definition) is 3. The molecule has 19 heavy (non-hydrogen) atoms. The highest BCUT2D eigenvalue weighted by Gasteiger charge is 2.18. The smallest absolute Gasteiger partial charge is 0.240 e. The van der Waals surface area contributed by atoms with Gasteiger partial charge in [0.05, 0.1) is 4.90 Å². The highest BCUT2D eigenvalue weighted by Crippen LogP contribution is 2.20. The molecule has 1 aromatic carbocycles. The van der Waals surface area contributed by atoms with Crippen molar-refractivity contribution in [1.82, 2.24) is 10.0 Å². The van der Waals surface area contributed by atoms with E-state index < -0.39 is 10.0 Å². The van der Waals surface area contributed by atoms with Gasteiger partial charge < -0.3 is 5.32 Å². The van der Waals surface area contributed by atoms with Crippen molar-refractivity contribution < 1.29 is 8.42 Å². The van der Waals surface area contributed by atoms with Crippen LogP contribution in [-0.2, 0) is 16.6 Å². The molecule has 1 aromatic rings. The Balaban J connectivity index is 2.98. The standard InChI is InChI=1S/C13H21ClN2O2S/c1-4-5-10(2)16-19(17,18)12-6-7-13(14)11(8-12)9-15-3/h6-8,10,15-16H,4-5,9H2,1-3H3. The van der Waals surface area contributed by atoms with Gasteiger partial charge in [0.15, 0.2) is 0 Å². The maximum Gasteiger partial charge on any atom is 0.240 e. The van der Waals surface area contributed by atoms with Crippen LogP contribution in [0, 0.1) is 0 Å². The average molecular weight is 305 g/mol. The summed E-state index contributed by atoms with van der Waals surface area (Å²) in [5.74, 6) is 0. The maximum absolute atomic E-state index is 12.2. The molecule has 6 heteroatoms. The molecule has 0 amide bonds. The van der Waals surface area contributed by atoms with Crippen LogP contribution in [0.25, 0.3) is 0 Å². The Labute approximate surface area is 120 Å². The molecule has 0 radical (unpaired) electrons. The minimum atomic E-state index is -3.48. The molecule has 0 bridgehead atoms. The van der Waals surface area contributed by atoms with Crippen LogP contribution in [-0.4, -0.2) is 21.5 Å². The minimum absolute atomic E-state index is 0.0709. The SMILES string of the molecule is CCCC(C)NS(=O)(=O)c1ccc(Cl)c(CNC)c1. The summed E-state index contributed by atoms with van der Waals surface area (Å²) in [6.07, 6.45) is 1.76. The van der Waals surface area contributed by atoms with E-state index in [0.29, 0.717) is 11.6 Å². The summed E-state index contributed by atoms with van der Waals surface area (Å²) in [4.78, 5) is 0.255. The minimum Gasteiger partial charge on any atom is -0.316 e. The predicted molar refractivity (Wildman–Crippen MR) is 78.9 cm³/mol. The van der Waals surface area contributed by atoms with E-state index in [1.165, 1.54) is 6.07 Å². The predicted octanol–water partition coefficient (Wildman–Crippen LogP) is 2.53. The lowest BCUT2D eigenvalue weighted by Crippen LogP contribution is -2.32. The third-order valence-electron chi connectivity index (χ3n) is 2.77. The second-order valence-corrected chi connectivity index (χ2v) is 6.72. The Morgan fingerprint density at radius 2 is 2.05 bits per heavy atom. The summed E-state index contributed by atoms with van der Waals surface area (Å²) in [5.41, 5.74) is 0.773. The Kier molecular flexibility index (Phi) is 6.26. The summed E-state index contributed by atoms with van der Waals surface area (Å²) in [6, 6.07) is 4.69. The van der Waals surface area contributed by atoms with Crippen molar-refractivity contribution in [1.29, 1.82) is 0 Å². The average Bonchev–Trinajstić information content (AvgIpc) is 2.31. The van der Waals surface area contributed by atoms with Crippen molar-refractivity contribution in [2.24, 2.45) is 0 Å². The summed E-state index contributed by atoms with van der Waals surface area (Å²) in [6.45, 7) is 4.43. The summed E-state index contributed by atoms with van der Waals surface area (Å²) < 4.78 is 27.1. The van der Waals surface area contributed by atoms with E-state index in [0.717, 1.165) is 18.4 Å². The second kappa shape index (κ2) is 7.24. The zero-order valence-electron chi connectivity index (χ0n) is 11.5. The molecule has 0 spiro atoms. The molecule has 0 aliphatic rings. The first-order valence-electron chi connectivity index (χ1n) is 6.36. The Bertz CT molecular complexity index is 517. The molecule has 0 fully saturated rings. The molecule has 4 nitrogen and oxygen atoms in total. The number of nitrogens with one attached hydrogen (secondary N) is 2. The molecular weight excluding hydrogens is 284 g/mol. The first-order chi connectivity index (χ1) is 8.90. The van der Waals surface area contributed by atoms with Crippen molar-refractivity contribution in [3.63, 3.8) is 0 Å². The molecule has 0 aliphatic heterocycles. The topological polar surface area (TPSA) is 58.2 Å². The van der Waals surface area contributed by atoms with Crippen LogP contribution in [0.15, 0.2) is 23.1 Å². The van der Waals surface area contributed by atoms with Crippen LogP contribution in [0.4, 0.5) is 0 Å². The quantitative estimate of drug-likeness (QED) is 0.814. The van der Waals surface area contributed by atoms with Gasteiger partial charge in [-0.3, -0.25) is 0 Å². The van der Waals surface area contributed by atoms with Crippen molar-refractivity contribution in [3.05, 3.63) is 28.8 Å². The fourth-order valence-corrected chi connectivity index (χ4v) is 3.38. The van der Waals surface area contributed by atoms with E-state index >= 15 is 0 Å². The zero-order valence-corrected chi connectivity index (χ0v) is 13.1. The molecule has 1 unspecified atom stereocenters. The van der Waals surface area contributed by atoms with Crippen molar-refractivity contribution in [2.45, 2.75) is 44.2 Å². The van der Waals surface area contributed by atoms with Crippen LogP contribution >= 0.6 is 11.6 Å². The lowest BCUT2D eigenvalue weighted by atomic mass is 10.2. The van der Waals surface area contributed by atoms with Crippen molar-refractivity contribution in [3.8, 4) is 0 Å². The molecule has 0 saturated carbocycles. The summed E-state index contributed by atoms with van der Waals surface area (Å²) in [7, 11) is -1.68. The number of hydrogen-bond donors (Lipinski definition) is 2. The Hall–Kier alpha value is -0.620. The van der Waals surface area contributed by atoms with E-state index in [4.69, 9.17) is 11.6 Å². The van der Waals surface area contributed by atoms with Crippen LogP contribution in [0.1, 0.15) is 32.3 Å². The van der Waals surface area contributed by atoms with E-state index in [9.17, 15) is 8.42 Å². The number of rotatable bonds is 7. The highest BCUT2D eigenvalue weighted by molar-refractivity contribution is 7.89. The number of halogens is 1. The van der Waals surface area contributed by atoms with Gasteiger partial charge in [-0.25, -0.2) is 13.1 Å². The fraction of sp³-hybridized carbons (Fsp3) is 0.538. The van der Waals surface area contributed by atoms with Gasteiger partial charge in [-0.05, 0) is 44.2 Å². The normalized spacial score (nSPS) is 13.5. The maximum atomic E-state index is 12.2. The Morgan fingerprint density at radius 3 is 2.63 bits per heavy atom. The first-order valence-corrected chi connectivity index (χ1v) is 8.22. The van der Waals surface area contributed by atoms with Crippen LogP contribution in [0.3, 0.4) is 0 Å². The second-order valence-electron chi connectivity index (χ2n) is 4.59. The highest BCUT2D eigenvalue weighted by atomic mass is 35.5. The van der Waals surface area contributed by atoms with Crippen molar-refractivity contribution >= 4 is 21.6 Å². The van der Waals surface area contributed by atoms with Crippen LogP contribution in [0.2, 0.25) is 5.02 Å². The van der Waals surface area contributed by atoms with Gasteiger partial charge in [0.2, 0.25) is 10.0 Å². The van der Waals surface area contributed by atoms with E-state index in [2.05, 4.69) is 10.0 Å². The van der Waals surface area contributed by atoms with Crippen LogP contribution < -0.4 is 10.0 Å². The number of sulfonamides is 1. The lowest BCUT2D eigenvalue weighted by Gasteiger charge is -2.14. The monoisotopic (exact) mass is 304 g/mol. The van der Waals surface area contributed by atoms with Gasteiger partial charge in [-0.1, -0.05) is 24.9 Å². The van der Waals surface area contributed by atoms with Gasteiger partial charge in [-0.2, -0.15) is 0 Å². The molecular formula is C13H21ClN2O2S. The molecule has 0 saturated heterocycles. The third kappa shape index (κ3) is 4.76. The molecule has 1 atom stereocenters. The van der Waals surface area contributed by atoms with Gasteiger partial charge >= 0.3 is 0 Å². The Morgan fingerprint density at radius 1 is 1.37 bits per heavy atom. The van der Waals surface area contributed by atoms with Crippen molar-refractivity contribution in [2.75, 3.05) is 7.05 Å². The summed E-state index contributed by atoms with van der Waals surface area (Å²) in [5, 5.41) is 3.53. The van der Waals surface area contributed by atoms with Gasteiger partial charge in [0.1, 0.15) is 0 Å².